The SMILES string of the molecule is CCCC1CN(C2(C)CCCOC2)CCCN1. The highest BCUT2D eigenvalue weighted by Gasteiger charge is 2.35. The molecule has 0 aromatic carbocycles. The maximum atomic E-state index is 5.71. The van der Waals surface area contributed by atoms with Crippen molar-refractivity contribution in [2.45, 2.75) is 57.5 Å². The Labute approximate surface area is 106 Å². The minimum Gasteiger partial charge on any atom is -0.380 e. The molecule has 2 atom stereocenters. The largest absolute Gasteiger partial charge is 0.380 e. The Bertz CT molecular complexity index is 226. The van der Waals surface area contributed by atoms with Gasteiger partial charge in [0.25, 0.3) is 0 Å². The second-order valence-corrected chi connectivity index (χ2v) is 5.89. The highest BCUT2D eigenvalue weighted by atomic mass is 16.5. The Balaban J connectivity index is 1.97. The van der Waals surface area contributed by atoms with Crippen molar-refractivity contribution in [3.05, 3.63) is 0 Å². The van der Waals surface area contributed by atoms with Gasteiger partial charge in [0, 0.05) is 31.3 Å². The molecule has 1 N–H and O–H groups in total. The van der Waals surface area contributed by atoms with Gasteiger partial charge in [-0.1, -0.05) is 13.3 Å². The molecule has 3 nitrogen and oxygen atoms in total. The van der Waals surface area contributed by atoms with Crippen LogP contribution in [0, 0.1) is 0 Å². The Kier molecular flexibility index (Phi) is 4.83. The number of ether oxygens (including phenoxy) is 1. The van der Waals surface area contributed by atoms with Crippen LogP contribution in [0.5, 0.6) is 0 Å². The molecule has 0 saturated carbocycles. The van der Waals surface area contributed by atoms with Crippen molar-refractivity contribution in [3.8, 4) is 0 Å². The van der Waals surface area contributed by atoms with Gasteiger partial charge in [0.1, 0.15) is 0 Å². The number of nitrogens with zero attached hydrogens (tertiary/aromatic N) is 1. The summed E-state index contributed by atoms with van der Waals surface area (Å²) in [6.45, 7) is 10.2. The first-order valence-electron chi connectivity index (χ1n) is 7.31. The van der Waals surface area contributed by atoms with Crippen molar-refractivity contribution in [3.63, 3.8) is 0 Å². The zero-order chi connectivity index (χ0) is 12.1. The lowest BCUT2D eigenvalue weighted by Gasteiger charge is -2.44. The quantitative estimate of drug-likeness (QED) is 0.817. The zero-order valence-corrected chi connectivity index (χ0v) is 11.5. The van der Waals surface area contributed by atoms with Crippen molar-refractivity contribution < 1.29 is 4.74 Å². The van der Waals surface area contributed by atoms with Gasteiger partial charge in [-0.05, 0) is 39.2 Å². The van der Waals surface area contributed by atoms with Crippen LogP contribution >= 0.6 is 0 Å². The van der Waals surface area contributed by atoms with E-state index in [0.29, 0.717) is 6.04 Å². The van der Waals surface area contributed by atoms with E-state index in [2.05, 4.69) is 24.1 Å². The fourth-order valence-corrected chi connectivity index (χ4v) is 3.20. The summed E-state index contributed by atoms with van der Waals surface area (Å²) in [5.41, 5.74) is 0.288. The molecular weight excluding hydrogens is 212 g/mol. The highest BCUT2D eigenvalue weighted by Crippen LogP contribution is 2.27. The first-order valence-corrected chi connectivity index (χ1v) is 7.31. The predicted octanol–water partition coefficient (Wildman–Crippen LogP) is 2.02. The molecule has 100 valence electrons. The monoisotopic (exact) mass is 240 g/mol. The van der Waals surface area contributed by atoms with Gasteiger partial charge in [0.05, 0.1) is 6.61 Å². The lowest BCUT2D eigenvalue weighted by molar-refractivity contribution is -0.0404. The van der Waals surface area contributed by atoms with E-state index < -0.39 is 0 Å². The van der Waals surface area contributed by atoms with E-state index in [1.54, 1.807) is 0 Å². The highest BCUT2D eigenvalue weighted by molar-refractivity contribution is 4.91. The van der Waals surface area contributed by atoms with Crippen LogP contribution in [0.3, 0.4) is 0 Å². The summed E-state index contributed by atoms with van der Waals surface area (Å²) < 4.78 is 5.71. The second-order valence-electron chi connectivity index (χ2n) is 5.89. The van der Waals surface area contributed by atoms with Crippen LogP contribution in [0.1, 0.15) is 46.0 Å². The van der Waals surface area contributed by atoms with Gasteiger partial charge >= 0.3 is 0 Å². The summed E-state index contributed by atoms with van der Waals surface area (Å²) in [5.74, 6) is 0. The molecule has 2 unspecified atom stereocenters. The molecule has 17 heavy (non-hydrogen) atoms. The maximum absolute atomic E-state index is 5.71. The first kappa shape index (κ1) is 13.3. The second kappa shape index (κ2) is 6.17. The molecule has 2 saturated heterocycles. The molecule has 2 aliphatic heterocycles. The van der Waals surface area contributed by atoms with Crippen LogP contribution < -0.4 is 5.32 Å². The van der Waals surface area contributed by atoms with E-state index in [-0.39, 0.29) is 5.54 Å². The van der Waals surface area contributed by atoms with Gasteiger partial charge in [-0.3, -0.25) is 4.90 Å². The third kappa shape index (κ3) is 3.43. The van der Waals surface area contributed by atoms with E-state index >= 15 is 0 Å². The molecule has 0 bridgehead atoms. The van der Waals surface area contributed by atoms with E-state index in [4.69, 9.17) is 4.74 Å². The van der Waals surface area contributed by atoms with Crippen LogP contribution in [0.2, 0.25) is 0 Å². The Morgan fingerprint density at radius 1 is 1.41 bits per heavy atom. The lowest BCUT2D eigenvalue weighted by Crippen LogP contribution is -2.54. The molecule has 2 rings (SSSR count). The van der Waals surface area contributed by atoms with Gasteiger partial charge in [-0.25, -0.2) is 0 Å². The van der Waals surface area contributed by atoms with Crippen molar-refractivity contribution in [1.82, 2.24) is 10.2 Å². The van der Waals surface area contributed by atoms with Crippen LogP contribution in [0.25, 0.3) is 0 Å². The maximum Gasteiger partial charge on any atom is 0.0647 e. The molecule has 0 spiro atoms. The number of hydrogen-bond donors (Lipinski definition) is 1. The number of hydrogen-bond acceptors (Lipinski definition) is 3. The van der Waals surface area contributed by atoms with Crippen molar-refractivity contribution in [2.24, 2.45) is 0 Å². The molecule has 0 aromatic heterocycles. The summed E-state index contributed by atoms with van der Waals surface area (Å²) in [4.78, 5) is 2.69. The van der Waals surface area contributed by atoms with Gasteiger partial charge in [0.15, 0.2) is 0 Å². The standard InChI is InChI=1S/C14H28N2O/c1-3-6-13-11-16(9-5-8-15-13)14(2)7-4-10-17-12-14/h13,15H,3-12H2,1-2H3. The van der Waals surface area contributed by atoms with Crippen molar-refractivity contribution in [2.75, 3.05) is 32.8 Å². The molecule has 0 radical (unpaired) electrons. The number of rotatable bonds is 3. The van der Waals surface area contributed by atoms with Gasteiger partial charge in [-0.2, -0.15) is 0 Å². The van der Waals surface area contributed by atoms with Crippen molar-refractivity contribution >= 4 is 0 Å². The molecule has 2 heterocycles. The Morgan fingerprint density at radius 2 is 2.29 bits per heavy atom. The molecule has 0 aliphatic carbocycles. The smallest absolute Gasteiger partial charge is 0.0647 e. The molecule has 2 aliphatic rings. The fraction of sp³-hybridized carbons (Fsp3) is 1.00. The summed E-state index contributed by atoms with van der Waals surface area (Å²) in [7, 11) is 0. The fourth-order valence-electron chi connectivity index (χ4n) is 3.20. The van der Waals surface area contributed by atoms with Gasteiger partial charge < -0.3 is 10.1 Å². The van der Waals surface area contributed by atoms with Gasteiger partial charge in [0.2, 0.25) is 0 Å². The zero-order valence-electron chi connectivity index (χ0n) is 11.5. The first-order chi connectivity index (χ1) is 8.24. The van der Waals surface area contributed by atoms with E-state index in [1.165, 1.54) is 51.7 Å². The minimum absolute atomic E-state index is 0.288. The molecule has 3 heteroatoms. The van der Waals surface area contributed by atoms with E-state index in [9.17, 15) is 0 Å². The third-order valence-corrected chi connectivity index (χ3v) is 4.30. The molecular formula is C14H28N2O. The lowest BCUT2D eigenvalue weighted by atomic mass is 9.91. The summed E-state index contributed by atoms with van der Waals surface area (Å²) in [5, 5.41) is 3.69. The molecule has 0 amide bonds. The summed E-state index contributed by atoms with van der Waals surface area (Å²) in [6.07, 6.45) is 6.37. The normalized spacial score (nSPS) is 36.7. The van der Waals surface area contributed by atoms with E-state index in [0.717, 1.165) is 13.2 Å². The molecule has 2 fully saturated rings. The van der Waals surface area contributed by atoms with E-state index in [1.807, 2.05) is 0 Å². The molecule has 0 aromatic rings. The Morgan fingerprint density at radius 3 is 3.00 bits per heavy atom. The van der Waals surface area contributed by atoms with Crippen LogP contribution in [-0.4, -0.2) is 49.3 Å². The third-order valence-electron chi connectivity index (χ3n) is 4.30. The average molecular weight is 240 g/mol. The van der Waals surface area contributed by atoms with Crippen molar-refractivity contribution in [1.29, 1.82) is 0 Å². The Hall–Kier alpha value is -0.120. The minimum atomic E-state index is 0.288. The predicted molar refractivity (Wildman–Crippen MR) is 71.3 cm³/mol. The topological polar surface area (TPSA) is 24.5 Å². The number of nitrogens with one attached hydrogen (secondary N) is 1. The van der Waals surface area contributed by atoms with Crippen LogP contribution in [0.15, 0.2) is 0 Å². The van der Waals surface area contributed by atoms with Crippen LogP contribution in [-0.2, 0) is 4.74 Å². The van der Waals surface area contributed by atoms with Crippen LogP contribution in [0.4, 0.5) is 0 Å². The summed E-state index contributed by atoms with van der Waals surface area (Å²) >= 11 is 0. The summed E-state index contributed by atoms with van der Waals surface area (Å²) in [6, 6.07) is 0.682. The average Bonchev–Trinajstić information content (AvgIpc) is 2.57. The van der Waals surface area contributed by atoms with Gasteiger partial charge in [-0.15, -0.1) is 0 Å².